The van der Waals surface area contributed by atoms with Crippen molar-refractivity contribution in [1.29, 1.82) is 0 Å². The minimum absolute atomic E-state index is 0.433. The zero-order chi connectivity index (χ0) is 13.4. The smallest absolute Gasteiger partial charge is 0.0131 e. The number of hydrogen-bond acceptors (Lipinski definition) is 0. The number of hydrogen-bond donors (Lipinski definition) is 0. The van der Waals surface area contributed by atoms with E-state index in [1.54, 1.807) is 0 Å². The molecule has 20 heavy (non-hydrogen) atoms. The molecule has 0 amide bonds. The SMILES string of the molecule is C1=CC2=c3ccccc3=CC(c3ccccc3)C2C=C1. The monoisotopic (exact) mass is 256 g/mol. The molecule has 2 atom stereocenters. The summed E-state index contributed by atoms with van der Waals surface area (Å²) in [6.07, 6.45) is 11.3. The van der Waals surface area contributed by atoms with Crippen LogP contribution >= 0.6 is 0 Å². The molecule has 0 heteroatoms. The average molecular weight is 256 g/mol. The van der Waals surface area contributed by atoms with Gasteiger partial charge in [0, 0.05) is 11.8 Å². The van der Waals surface area contributed by atoms with Crippen molar-refractivity contribution in [1.82, 2.24) is 0 Å². The summed E-state index contributed by atoms with van der Waals surface area (Å²) in [6.45, 7) is 0. The van der Waals surface area contributed by atoms with Crippen molar-refractivity contribution in [3.63, 3.8) is 0 Å². The Morgan fingerprint density at radius 1 is 0.700 bits per heavy atom. The normalized spacial score (nSPS) is 22.9. The number of rotatable bonds is 1. The third-order valence-corrected chi connectivity index (χ3v) is 4.27. The Morgan fingerprint density at radius 3 is 2.40 bits per heavy atom. The Bertz CT molecular complexity index is 807. The standard InChI is InChI=1S/C20H16/c1-2-8-15(9-3-1)20-14-16-10-4-5-11-17(16)18-12-6-7-13-19(18)20/h1-14,19-20H. The first-order valence-corrected chi connectivity index (χ1v) is 7.14. The van der Waals surface area contributed by atoms with Gasteiger partial charge >= 0.3 is 0 Å². The topological polar surface area (TPSA) is 0 Å². The van der Waals surface area contributed by atoms with Gasteiger partial charge in [0.2, 0.25) is 0 Å². The van der Waals surface area contributed by atoms with Gasteiger partial charge in [-0.1, -0.05) is 85.0 Å². The van der Waals surface area contributed by atoms with E-state index in [1.165, 1.54) is 21.6 Å². The van der Waals surface area contributed by atoms with Gasteiger partial charge in [-0.2, -0.15) is 0 Å². The first kappa shape index (κ1) is 11.5. The second-order valence-electron chi connectivity index (χ2n) is 5.42. The van der Waals surface area contributed by atoms with Crippen LogP contribution in [-0.4, -0.2) is 0 Å². The molecule has 0 aromatic heterocycles. The fourth-order valence-electron chi connectivity index (χ4n) is 3.32. The summed E-state index contributed by atoms with van der Waals surface area (Å²) < 4.78 is 0. The van der Waals surface area contributed by atoms with Gasteiger partial charge in [0.1, 0.15) is 0 Å². The van der Waals surface area contributed by atoms with Gasteiger partial charge in [-0.3, -0.25) is 0 Å². The van der Waals surface area contributed by atoms with Crippen LogP contribution in [0.5, 0.6) is 0 Å². The molecule has 2 aliphatic carbocycles. The number of benzene rings is 2. The molecular formula is C20H16. The zero-order valence-corrected chi connectivity index (χ0v) is 11.2. The van der Waals surface area contributed by atoms with Crippen LogP contribution in [0.2, 0.25) is 0 Å². The minimum Gasteiger partial charge on any atom is -0.0761 e. The second-order valence-corrected chi connectivity index (χ2v) is 5.42. The summed E-state index contributed by atoms with van der Waals surface area (Å²) in [7, 11) is 0. The van der Waals surface area contributed by atoms with Gasteiger partial charge in [-0.25, -0.2) is 0 Å². The van der Waals surface area contributed by atoms with E-state index in [-0.39, 0.29) is 0 Å². The van der Waals surface area contributed by atoms with Crippen molar-refractivity contribution in [2.75, 3.05) is 0 Å². The molecule has 4 rings (SSSR count). The first-order valence-electron chi connectivity index (χ1n) is 7.14. The molecule has 2 aromatic rings. The molecule has 0 fully saturated rings. The molecule has 0 heterocycles. The van der Waals surface area contributed by atoms with Crippen LogP contribution in [-0.2, 0) is 0 Å². The maximum Gasteiger partial charge on any atom is 0.0131 e. The molecule has 0 saturated heterocycles. The van der Waals surface area contributed by atoms with Crippen molar-refractivity contribution in [3.05, 3.63) is 94.9 Å². The van der Waals surface area contributed by atoms with Crippen LogP contribution in [0.1, 0.15) is 11.5 Å². The van der Waals surface area contributed by atoms with Crippen molar-refractivity contribution < 1.29 is 0 Å². The highest BCUT2D eigenvalue weighted by Crippen LogP contribution is 2.36. The van der Waals surface area contributed by atoms with E-state index in [4.69, 9.17) is 0 Å². The zero-order valence-electron chi connectivity index (χ0n) is 11.2. The maximum absolute atomic E-state index is 2.42. The van der Waals surface area contributed by atoms with Crippen LogP contribution in [0.15, 0.2) is 78.9 Å². The molecule has 0 spiro atoms. The molecular weight excluding hydrogens is 240 g/mol. The lowest BCUT2D eigenvalue weighted by Crippen LogP contribution is -2.35. The Morgan fingerprint density at radius 2 is 1.50 bits per heavy atom. The first-order chi connectivity index (χ1) is 9.93. The Hall–Kier alpha value is -2.34. The third-order valence-electron chi connectivity index (χ3n) is 4.27. The van der Waals surface area contributed by atoms with E-state index < -0.39 is 0 Å². The highest BCUT2D eigenvalue weighted by molar-refractivity contribution is 5.70. The van der Waals surface area contributed by atoms with Gasteiger partial charge in [-0.05, 0) is 21.6 Å². The minimum atomic E-state index is 0.433. The van der Waals surface area contributed by atoms with E-state index in [9.17, 15) is 0 Å². The molecule has 0 aliphatic heterocycles. The van der Waals surface area contributed by atoms with Crippen molar-refractivity contribution >= 4 is 11.6 Å². The Kier molecular flexibility index (Phi) is 2.67. The van der Waals surface area contributed by atoms with E-state index in [2.05, 4.69) is 85.0 Å². The molecule has 0 radical (unpaired) electrons. The highest BCUT2D eigenvalue weighted by atomic mass is 14.3. The average Bonchev–Trinajstić information content (AvgIpc) is 2.55. The maximum atomic E-state index is 2.42. The largest absolute Gasteiger partial charge is 0.0761 e. The van der Waals surface area contributed by atoms with E-state index in [1.807, 2.05) is 0 Å². The summed E-state index contributed by atoms with van der Waals surface area (Å²) in [5.41, 5.74) is 2.84. The van der Waals surface area contributed by atoms with E-state index >= 15 is 0 Å². The second kappa shape index (κ2) is 4.64. The molecule has 2 aliphatic rings. The van der Waals surface area contributed by atoms with Gasteiger partial charge < -0.3 is 0 Å². The van der Waals surface area contributed by atoms with Crippen LogP contribution in [0.4, 0.5) is 0 Å². The quantitative estimate of drug-likeness (QED) is 0.735. The predicted molar refractivity (Wildman–Crippen MR) is 84.5 cm³/mol. The van der Waals surface area contributed by atoms with Gasteiger partial charge in [0.15, 0.2) is 0 Å². The summed E-state index contributed by atoms with van der Waals surface area (Å²) in [5, 5.41) is 2.73. The van der Waals surface area contributed by atoms with Crippen molar-refractivity contribution in [3.8, 4) is 0 Å². The van der Waals surface area contributed by atoms with Gasteiger partial charge in [-0.15, -0.1) is 0 Å². The number of fused-ring (bicyclic) bond motifs is 2. The van der Waals surface area contributed by atoms with Gasteiger partial charge in [0.25, 0.3) is 0 Å². The summed E-state index contributed by atoms with van der Waals surface area (Å²) in [5.74, 6) is 0.889. The van der Waals surface area contributed by atoms with Crippen molar-refractivity contribution in [2.45, 2.75) is 5.92 Å². The molecule has 0 bridgehead atoms. The number of allylic oxidation sites excluding steroid dienone is 4. The lowest BCUT2D eigenvalue weighted by atomic mass is 9.75. The fraction of sp³-hybridized carbons (Fsp3) is 0.100. The lowest BCUT2D eigenvalue weighted by Gasteiger charge is -2.28. The van der Waals surface area contributed by atoms with Crippen LogP contribution in [0.3, 0.4) is 0 Å². The van der Waals surface area contributed by atoms with E-state index in [0.29, 0.717) is 11.8 Å². The van der Waals surface area contributed by atoms with Crippen LogP contribution < -0.4 is 10.4 Å². The lowest BCUT2D eigenvalue weighted by molar-refractivity contribution is 0.742. The molecule has 0 N–H and O–H groups in total. The molecule has 96 valence electrons. The summed E-state index contributed by atoms with van der Waals surface area (Å²) in [6, 6.07) is 19.5. The fourth-order valence-corrected chi connectivity index (χ4v) is 3.32. The Balaban J connectivity index is 1.99. The van der Waals surface area contributed by atoms with Crippen molar-refractivity contribution in [2.24, 2.45) is 5.92 Å². The third kappa shape index (κ3) is 1.77. The predicted octanol–water partition coefficient (Wildman–Crippen LogP) is 3.16. The Labute approximate surface area is 119 Å². The molecule has 0 saturated carbocycles. The van der Waals surface area contributed by atoms with Crippen LogP contribution in [0.25, 0.3) is 11.6 Å². The molecule has 2 aromatic carbocycles. The molecule has 0 nitrogen and oxygen atoms in total. The highest BCUT2D eigenvalue weighted by Gasteiger charge is 2.25. The van der Waals surface area contributed by atoms with E-state index in [0.717, 1.165) is 0 Å². The molecule has 2 unspecified atom stereocenters. The van der Waals surface area contributed by atoms with Gasteiger partial charge in [0.05, 0.1) is 0 Å². The summed E-state index contributed by atoms with van der Waals surface area (Å²) >= 11 is 0. The van der Waals surface area contributed by atoms with Crippen LogP contribution in [0, 0.1) is 5.92 Å². The summed E-state index contributed by atoms with van der Waals surface area (Å²) in [4.78, 5) is 0.